The Labute approximate surface area is 221 Å². The maximum Gasteiger partial charge on any atom is 0.341 e. The van der Waals surface area contributed by atoms with Crippen molar-refractivity contribution in [1.82, 2.24) is 14.8 Å². The van der Waals surface area contributed by atoms with Crippen molar-refractivity contribution in [3.63, 3.8) is 0 Å². The van der Waals surface area contributed by atoms with Crippen molar-refractivity contribution in [3.8, 4) is 5.75 Å². The number of carbonyl (C=O) groups is 2. The number of nitrogens with one attached hydrogen (secondary N) is 1. The molecule has 0 radical (unpaired) electrons. The third-order valence-corrected chi connectivity index (χ3v) is 8.19. The SMILES string of the molecule is CCOC(=O)c1c(NC(=O)CSc2nnc(COc3cc(Cl)ccc3Cl)n2C)sc2c1CCCC2. The zero-order valence-electron chi connectivity index (χ0n) is 19.2. The number of esters is 1. The van der Waals surface area contributed by atoms with Crippen LogP contribution in [-0.2, 0) is 36.0 Å². The van der Waals surface area contributed by atoms with Crippen molar-refractivity contribution in [2.75, 3.05) is 17.7 Å². The molecule has 4 rings (SSSR count). The van der Waals surface area contributed by atoms with Crippen LogP contribution in [0.1, 0.15) is 46.4 Å². The lowest BCUT2D eigenvalue weighted by Gasteiger charge is -2.12. The molecule has 0 fully saturated rings. The number of carbonyl (C=O) groups excluding carboxylic acids is 2. The molecular formula is C23H24Cl2N4O4S2. The average molecular weight is 556 g/mol. The van der Waals surface area contributed by atoms with E-state index < -0.39 is 0 Å². The van der Waals surface area contributed by atoms with Gasteiger partial charge in [0.05, 0.1) is 22.9 Å². The molecule has 1 amide bonds. The molecule has 186 valence electrons. The van der Waals surface area contributed by atoms with Gasteiger partial charge in [-0.05, 0) is 50.3 Å². The molecule has 2 heterocycles. The summed E-state index contributed by atoms with van der Waals surface area (Å²) in [5.74, 6) is 0.516. The summed E-state index contributed by atoms with van der Waals surface area (Å²) in [4.78, 5) is 26.5. The van der Waals surface area contributed by atoms with E-state index in [1.54, 1.807) is 36.7 Å². The van der Waals surface area contributed by atoms with Crippen molar-refractivity contribution in [1.29, 1.82) is 0 Å². The molecule has 0 atom stereocenters. The first-order valence-corrected chi connectivity index (χ1v) is 13.6. The van der Waals surface area contributed by atoms with Gasteiger partial charge in [-0.3, -0.25) is 4.79 Å². The molecule has 1 aliphatic rings. The minimum absolute atomic E-state index is 0.109. The van der Waals surface area contributed by atoms with Crippen LogP contribution < -0.4 is 10.1 Å². The van der Waals surface area contributed by atoms with Crippen LogP contribution in [0.5, 0.6) is 5.75 Å². The average Bonchev–Trinajstić information content (AvgIpc) is 3.37. The second kappa shape index (κ2) is 11.6. The van der Waals surface area contributed by atoms with Gasteiger partial charge in [-0.25, -0.2) is 4.79 Å². The number of hydrogen-bond acceptors (Lipinski definition) is 8. The zero-order chi connectivity index (χ0) is 24.9. The summed E-state index contributed by atoms with van der Waals surface area (Å²) >= 11 is 14.8. The number of amides is 1. The molecule has 1 aromatic carbocycles. The second-order valence-corrected chi connectivity index (χ2v) is 10.7. The molecular weight excluding hydrogens is 531 g/mol. The number of aromatic nitrogens is 3. The van der Waals surface area contributed by atoms with Gasteiger partial charge in [-0.15, -0.1) is 21.5 Å². The fraction of sp³-hybridized carbons (Fsp3) is 0.391. The Morgan fingerprint density at radius 2 is 2.03 bits per heavy atom. The molecule has 0 unspecified atom stereocenters. The molecule has 1 aliphatic carbocycles. The first kappa shape index (κ1) is 25.8. The van der Waals surface area contributed by atoms with Crippen molar-refractivity contribution in [2.24, 2.45) is 7.05 Å². The Morgan fingerprint density at radius 3 is 2.83 bits per heavy atom. The third-order valence-electron chi connectivity index (χ3n) is 5.41. The molecule has 1 N–H and O–H groups in total. The molecule has 12 heteroatoms. The van der Waals surface area contributed by atoms with E-state index in [0.717, 1.165) is 36.1 Å². The van der Waals surface area contributed by atoms with Crippen LogP contribution in [0.4, 0.5) is 5.00 Å². The summed E-state index contributed by atoms with van der Waals surface area (Å²) in [5, 5.41) is 13.3. The predicted molar refractivity (Wildman–Crippen MR) is 138 cm³/mol. The Bertz CT molecular complexity index is 1240. The summed E-state index contributed by atoms with van der Waals surface area (Å²) in [6.07, 6.45) is 3.86. The Hall–Kier alpha value is -2.27. The van der Waals surface area contributed by atoms with E-state index in [2.05, 4.69) is 15.5 Å². The smallest absolute Gasteiger partial charge is 0.341 e. The highest BCUT2D eigenvalue weighted by Crippen LogP contribution is 2.38. The largest absolute Gasteiger partial charge is 0.484 e. The number of benzene rings is 1. The fourth-order valence-corrected chi connectivity index (χ4v) is 6.05. The lowest BCUT2D eigenvalue weighted by molar-refractivity contribution is -0.113. The number of aryl methyl sites for hydroxylation is 1. The lowest BCUT2D eigenvalue weighted by atomic mass is 9.95. The van der Waals surface area contributed by atoms with Gasteiger partial charge in [-0.2, -0.15) is 0 Å². The van der Waals surface area contributed by atoms with Crippen LogP contribution in [0.25, 0.3) is 0 Å². The highest BCUT2D eigenvalue weighted by molar-refractivity contribution is 7.99. The monoisotopic (exact) mass is 554 g/mol. The van der Waals surface area contributed by atoms with E-state index in [-0.39, 0.29) is 30.8 Å². The molecule has 0 bridgehead atoms. The molecule has 8 nitrogen and oxygen atoms in total. The number of thiophene rings is 1. The number of rotatable bonds is 9. The Balaban J connectivity index is 1.38. The number of fused-ring (bicyclic) bond motifs is 1. The van der Waals surface area contributed by atoms with Gasteiger partial charge < -0.3 is 19.4 Å². The van der Waals surface area contributed by atoms with Crippen LogP contribution in [0.15, 0.2) is 23.4 Å². The van der Waals surface area contributed by atoms with E-state index in [0.29, 0.717) is 37.3 Å². The molecule has 3 aromatic rings. The molecule has 0 spiro atoms. The second-order valence-electron chi connectivity index (χ2n) is 7.79. The highest BCUT2D eigenvalue weighted by Gasteiger charge is 2.27. The van der Waals surface area contributed by atoms with Gasteiger partial charge in [0.1, 0.15) is 17.4 Å². The van der Waals surface area contributed by atoms with Gasteiger partial charge >= 0.3 is 5.97 Å². The number of thioether (sulfide) groups is 1. The Kier molecular flexibility index (Phi) is 8.59. The first-order valence-electron chi connectivity index (χ1n) is 11.1. The van der Waals surface area contributed by atoms with Gasteiger partial charge in [0.2, 0.25) is 5.91 Å². The highest BCUT2D eigenvalue weighted by atomic mass is 35.5. The first-order chi connectivity index (χ1) is 16.9. The summed E-state index contributed by atoms with van der Waals surface area (Å²) in [6, 6.07) is 4.97. The summed E-state index contributed by atoms with van der Waals surface area (Å²) < 4.78 is 12.7. The van der Waals surface area contributed by atoms with Gasteiger partial charge in [-0.1, -0.05) is 35.0 Å². The Morgan fingerprint density at radius 1 is 1.23 bits per heavy atom. The lowest BCUT2D eigenvalue weighted by Crippen LogP contribution is -2.17. The van der Waals surface area contributed by atoms with Gasteiger partial charge in [0.25, 0.3) is 0 Å². The van der Waals surface area contributed by atoms with Crippen molar-refractivity contribution in [2.45, 2.75) is 44.4 Å². The fourth-order valence-electron chi connectivity index (χ4n) is 3.69. The summed E-state index contributed by atoms with van der Waals surface area (Å²) in [5.41, 5.74) is 1.52. The normalized spacial score (nSPS) is 12.8. The number of ether oxygens (including phenoxy) is 2. The van der Waals surface area contributed by atoms with Crippen LogP contribution in [0, 0.1) is 0 Å². The molecule has 0 aliphatic heterocycles. The summed E-state index contributed by atoms with van der Waals surface area (Å²) in [7, 11) is 1.80. The number of nitrogens with zero attached hydrogens (tertiary/aromatic N) is 3. The van der Waals surface area contributed by atoms with Crippen molar-refractivity contribution in [3.05, 3.63) is 50.1 Å². The number of anilines is 1. The predicted octanol–water partition coefficient (Wildman–Crippen LogP) is 5.55. The molecule has 0 saturated heterocycles. The number of halogens is 2. The summed E-state index contributed by atoms with van der Waals surface area (Å²) in [6.45, 7) is 2.20. The van der Waals surface area contributed by atoms with E-state index in [4.69, 9.17) is 32.7 Å². The van der Waals surface area contributed by atoms with Crippen molar-refractivity contribution >= 4 is 63.2 Å². The topological polar surface area (TPSA) is 95.3 Å². The van der Waals surface area contributed by atoms with Crippen molar-refractivity contribution < 1.29 is 19.1 Å². The molecule has 2 aromatic heterocycles. The van der Waals surface area contributed by atoms with E-state index in [1.807, 2.05) is 0 Å². The standard InChI is InChI=1S/C23H24Cl2N4O4S2/c1-3-32-22(31)20-14-6-4-5-7-17(14)35-21(20)26-19(30)12-34-23-28-27-18(29(23)2)11-33-16-10-13(24)8-9-15(16)25/h8-10H,3-7,11-12H2,1-2H3,(H,26,30). The van der Waals surface area contributed by atoms with E-state index in [1.165, 1.54) is 23.1 Å². The van der Waals surface area contributed by atoms with Gasteiger partial charge in [0.15, 0.2) is 11.0 Å². The zero-order valence-corrected chi connectivity index (χ0v) is 22.4. The van der Waals surface area contributed by atoms with Crippen LogP contribution in [0.3, 0.4) is 0 Å². The maximum atomic E-state index is 12.7. The van der Waals surface area contributed by atoms with Crippen LogP contribution in [0.2, 0.25) is 10.0 Å². The molecule has 0 saturated carbocycles. The van der Waals surface area contributed by atoms with Crippen LogP contribution >= 0.6 is 46.3 Å². The maximum absolute atomic E-state index is 12.7. The minimum atomic E-state index is -0.382. The molecule has 35 heavy (non-hydrogen) atoms. The third kappa shape index (κ3) is 6.11. The van der Waals surface area contributed by atoms with Crippen LogP contribution in [-0.4, -0.2) is 39.0 Å². The number of hydrogen-bond donors (Lipinski definition) is 1. The quantitative estimate of drug-likeness (QED) is 0.273. The van der Waals surface area contributed by atoms with E-state index >= 15 is 0 Å². The van der Waals surface area contributed by atoms with Gasteiger partial charge in [0, 0.05) is 23.0 Å². The van der Waals surface area contributed by atoms with E-state index in [9.17, 15) is 9.59 Å². The minimum Gasteiger partial charge on any atom is -0.484 e.